The monoisotopic (exact) mass is 357 g/mol. The lowest BCUT2D eigenvalue weighted by Crippen LogP contribution is -2.48. The highest BCUT2D eigenvalue weighted by atomic mass is 16.3. The Morgan fingerprint density at radius 3 is 2.23 bits per heavy atom. The van der Waals surface area contributed by atoms with E-state index in [2.05, 4.69) is 4.90 Å². The van der Waals surface area contributed by atoms with E-state index in [9.17, 15) is 9.59 Å². The van der Waals surface area contributed by atoms with Crippen LogP contribution in [-0.2, 0) is 9.59 Å². The second kappa shape index (κ2) is 8.01. The highest BCUT2D eigenvalue weighted by Gasteiger charge is 2.42. The molecule has 6 nitrogen and oxygen atoms in total. The molecule has 140 valence electrons. The topological polar surface area (TPSA) is 64.1 Å². The maximum Gasteiger partial charge on any atom is 0.277 e. The summed E-state index contributed by atoms with van der Waals surface area (Å²) in [4.78, 5) is 31.7. The van der Waals surface area contributed by atoms with Gasteiger partial charge in [0, 0.05) is 39.3 Å². The average Bonchev–Trinajstić information content (AvgIpc) is 2.88. The van der Waals surface area contributed by atoms with Crippen LogP contribution in [0.4, 0.5) is 0 Å². The van der Waals surface area contributed by atoms with Gasteiger partial charge < -0.3 is 10.0 Å². The molecule has 1 fully saturated rings. The number of aliphatic hydroxyl groups excluding tert-OH is 1. The number of benzene rings is 1. The van der Waals surface area contributed by atoms with Gasteiger partial charge in [-0.15, -0.1) is 0 Å². The van der Waals surface area contributed by atoms with Crippen LogP contribution in [0, 0.1) is 5.92 Å². The van der Waals surface area contributed by atoms with Crippen molar-refractivity contribution in [2.75, 3.05) is 45.9 Å². The van der Waals surface area contributed by atoms with Gasteiger partial charge in [-0.25, -0.2) is 0 Å². The van der Waals surface area contributed by atoms with E-state index in [1.54, 1.807) is 0 Å². The average molecular weight is 357 g/mol. The summed E-state index contributed by atoms with van der Waals surface area (Å²) in [7, 11) is 0. The van der Waals surface area contributed by atoms with Crippen molar-refractivity contribution in [1.82, 2.24) is 14.7 Å². The maximum absolute atomic E-state index is 13.1. The Hall–Kier alpha value is -2.18. The number of aliphatic hydroxyl groups is 1. The van der Waals surface area contributed by atoms with Crippen LogP contribution in [0.2, 0.25) is 0 Å². The number of hydrogen-bond donors (Lipinski definition) is 1. The molecule has 1 aromatic carbocycles. The molecular formula is C20H27N3O3. The van der Waals surface area contributed by atoms with E-state index in [1.807, 2.05) is 49.1 Å². The van der Waals surface area contributed by atoms with Crippen molar-refractivity contribution >= 4 is 17.4 Å². The first-order valence-electron chi connectivity index (χ1n) is 9.27. The Kier molecular flexibility index (Phi) is 5.74. The van der Waals surface area contributed by atoms with Crippen molar-refractivity contribution in [2.45, 2.75) is 13.8 Å². The molecule has 3 rings (SSSR count). The Morgan fingerprint density at radius 2 is 1.65 bits per heavy atom. The standard InChI is InChI=1S/C20H27N3O3/c1-15(2)14-23-19(25)17(16-6-4-3-5-7-16)18(20(23)26)22-10-8-21(9-11-22)12-13-24/h3-7,15,24H,8-14H2,1-2H3. The summed E-state index contributed by atoms with van der Waals surface area (Å²) >= 11 is 0. The van der Waals surface area contributed by atoms with Gasteiger partial charge in [0.15, 0.2) is 0 Å². The molecule has 2 aliphatic rings. The van der Waals surface area contributed by atoms with Crippen molar-refractivity contribution in [3.63, 3.8) is 0 Å². The minimum absolute atomic E-state index is 0.136. The fraction of sp³-hybridized carbons (Fsp3) is 0.500. The molecule has 0 aromatic heterocycles. The van der Waals surface area contributed by atoms with E-state index in [1.165, 1.54) is 4.90 Å². The maximum atomic E-state index is 13.1. The van der Waals surface area contributed by atoms with Crippen molar-refractivity contribution in [2.24, 2.45) is 5.92 Å². The van der Waals surface area contributed by atoms with Crippen LogP contribution in [0.5, 0.6) is 0 Å². The lowest BCUT2D eigenvalue weighted by atomic mass is 10.0. The van der Waals surface area contributed by atoms with Crippen molar-refractivity contribution in [3.05, 3.63) is 41.6 Å². The van der Waals surface area contributed by atoms with Gasteiger partial charge in [0.2, 0.25) is 0 Å². The summed E-state index contributed by atoms with van der Waals surface area (Å²) in [5, 5.41) is 9.11. The van der Waals surface area contributed by atoms with Crippen LogP contribution < -0.4 is 0 Å². The number of amides is 2. The second-order valence-corrected chi connectivity index (χ2v) is 7.26. The zero-order chi connectivity index (χ0) is 18.7. The summed E-state index contributed by atoms with van der Waals surface area (Å²) in [5.74, 6) is -0.151. The lowest BCUT2D eigenvalue weighted by Gasteiger charge is -2.36. The van der Waals surface area contributed by atoms with E-state index in [4.69, 9.17) is 5.11 Å². The molecule has 26 heavy (non-hydrogen) atoms. The van der Waals surface area contributed by atoms with Crippen LogP contribution in [-0.4, -0.2) is 77.5 Å². The van der Waals surface area contributed by atoms with Gasteiger partial charge in [-0.05, 0) is 11.5 Å². The van der Waals surface area contributed by atoms with Crippen LogP contribution >= 0.6 is 0 Å². The van der Waals surface area contributed by atoms with Crippen molar-refractivity contribution < 1.29 is 14.7 Å². The summed E-state index contributed by atoms with van der Waals surface area (Å²) < 4.78 is 0. The van der Waals surface area contributed by atoms with E-state index >= 15 is 0 Å². The number of β-amino-alcohol motifs (C(OH)–C–C–N with tert-alkyl or cyclic N) is 1. The number of carbonyl (C=O) groups excluding carboxylic acids is 2. The molecule has 0 unspecified atom stereocenters. The number of rotatable bonds is 6. The van der Waals surface area contributed by atoms with Crippen LogP contribution in [0.25, 0.3) is 5.57 Å². The summed E-state index contributed by atoms with van der Waals surface area (Å²) in [6, 6.07) is 9.47. The predicted octanol–water partition coefficient (Wildman–Crippen LogP) is 1.03. The zero-order valence-corrected chi connectivity index (χ0v) is 15.5. The van der Waals surface area contributed by atoms with Gasteiger partial charge >= 0.3 is 0 Å². The third-order valence-corrected chi connectivity index (χ3v) is 4.86. The fourth-order valence-electron chi connectivity index (χ4n) is 3.59. The smallest absolute Gasteiger partial charge is 0.277 e. The Morgan fingerprint density at radius 1 is 1.00 bits per heavy atom. The van der Waals surface area contributed by atoms with Crippen molar-refractivity contribution in [1.29, 1.82) is 0 Å². The molecular weight excluding hydrogens is 330 g/mol. The molecule has 1 saturated heterocycles. The van der Waals surface area contributed by atoms with Crippen molar-refractivity contribution in [3.8, 4) is 0 Å². The predicted molar refractivity (Wildman–Crippen MR) is 100 cm³/mol. The normalized spacial score (nSPS) is 19.2. The van der Waals surface area contributed by atoms with Gasteiger partial charge in [-0.2, -0.15) is 0 Å². The molecule has 0 atom stereocenters. The fourth-order valence-corrected chi connectivity index (χ4v) is 3.59. The molecule has 0 radical (unpaired) electrons. The molecule has 6 heteroatoms. The molecule has 2 heterocycles. The summed E-state index contributed by atoms with van der Waals surface area (Å²) in [6.45, 7) is 8.14. The highest BCUT2D eigenvalue weighted by Crippen LogP contribution is 2.32. The SMILES string of the molecule is CC(C)CN1C(=O)C(c2ccccc2)=C(N2CCN(CCO)CC2)C1=O. The number of hydrogen-bond acceptors (Lipinski definition) is 5. The molecule has 0 spiro atoms. The third-order valence-electron chi connectivity index (χ3n) is 4.86. The zero-order valence-electron chi connectivity index (χ0n) is 15.5. The number of carbonyl (C=O) groups is 2. The number of imide groups is 1. The van der Waals surface area contributed by atoms with Crippen LogP contribution in [0.3, 0.4) is 0 Å². The van der Waals surface area contributed by atoms with Crippen LogP contribution in [0.15, 0.2) is 36.0 Å². The minimum Gasteiger partial charge on any atom is -0.395 e. The molecule has 0 bridgehead atoms. The van der Waals surface area contributed by atoms with E-state index in [-0.39, 0.29) is 24.3 Å². The first kappa shape index (κ1) is 18.6. The van der Waals surface area contributed by atoms with E-state index < -0.39 is 0 Å². The van der Waals surface area contributed by atoms with Gasteiger partial charge in [0.1, 0.15) is 5.70 Å². The molecule has 1 N–H and O–H groups in total. The molecule has 0 saturated carbocycles. The minimum atomic E-state index is -0.192. The third kappa shape index (κ3) is 3.66. The van der Waals surface area contributed by atoms with Gasteiger partial charge in [0.25, 0.3) is 11.8 Å². The molecule has 2 aliphatic heterocycles. The van der Waals surface area contributed by atoms with Gasteiger partial charge in [0.05, 0.1) is 12.2 Å². The summed E-state index contributed by atoms with van der Waals surface area (Å²) in [5.41, 5.74) is 1.85. The van der Waals surface area contributed by atoms with E-state index in [0.29, 0.717) is 37.4 Å². The Bertz CT molecular complexity index is 692. The largest absolute Gasteiger partial charge is 0.395 e. The second-order valence-electron chi connectivity index (χ2n) is 7.26. The highest BCUT2D eigenvalue weighted by molar-refractivity contribution is 6.35. The van der Waals surface area contributed by atoms with E-state index in [0.717, 1.165) is 18.7 Å². The number of piperazine rings is 1. The Balaban J connectivity index is 1.93. The number of nitrogens with zero attached hydrogens (tertiary/aromatic N) is 3. The molecule has 0 aliphatic carbocycles. The quantitative estimate of drug-likeness (QED) is 0.771. The first-order valence-corrected chi connectivity index (χ1v) is 9.27. The molecule has 1 aromatic rings. The van der Waals surface area contributed by atoms with Gasteiger partial charge in [-0.3, -0.25) is 19.4 Å². The van der Waals surface area contributed by atoms with Gasteiger partial charge in [-0.1, -0.05) is 44.2 Å². The Labute approximate surface area is 154 Å². The lowest BCUT2D eigenvalue weighted by molar-refractivity contribution is -0.138. The summed E-state index contributed by atoms with van der Waals surface area (Å²) in [6.07, 6.45) is 0. The first-order chi connectivity index (χ1) is 12.5. The van der Waals surface area contributed by atoms with Crippen LogP contribution in [0.1, 0.15) is 19.4 Å². The molecule has 2 amide bonds.